The van der Waals surface area contributed by atoms with E-state index in [-0.39, 0.29) is 0 Å². The molecule has 2 aliphatic heterocycles. The lowest BCUT2D eigenvalue weighted by atomic mass is 9.91. The van der Waals surface area contributed by atoms with E-state index in [0.29, 0.717) is 0 Å². The summed E-state index contributed by atoms with van der Waals surface area (Å²) in [5, 5.41) is 0. The van der Waals surface area contributed by atoms with Gasteiger partial charge in [0.25, 0.3) is 0 Å². The van der Waals surface area contributed by atoms with Crippen molar-refractivity contribution in [3.63, 3.8) is 0 Å². The molecule has 2 bridgehead atoms. The minimum Gasteiger partial charge on any atom is -0.323 e. The topological polar surface area (TPSA) is 0 Å². The van der Waals surface area contributed by atoms with Crippen molar-refractivity contribution in [1.82, 2.24) is 0 Å². The maximum atomic E-state index is 2.42. The monoisotopic (exact) mass is 140 g/mol. The largest absolute Gasteiger partial charge is 0.323 e. The molecule has 0 aromatic heterocycles. The van der Waals surface area contributed by atoms with Crippen LogP contribution in [0.1, 0.15) is 26.2 Å². The first-order valence-corrected chi connectivity index (χ1v) is 4.45. The zero-order valence-corrected chi connectivity index (χ0v) is 7.30. The molecule has 0 spiro atoms. The second-order valence-corrected chi connectivity index (χ2v) is 4.64. The number of fused-ring (bicyclic) bond motifs is 2. The number of hydrogen-bond acceptors (Lipinski definition) is 0. The average Bonchev–Trinajstić information content (AvgIpc) is 2.20. The lowest BCUT2D eigenvalue weighted by Gasteiger charge is -2.30. The standard InChI is InChI=1S/C9H18N/c1-7-6-8-4-5-9(7)10(8,2)3/h7-9H,4-6H2,1-3H3/q+1. The van der Waals surface area contributed by atoms with Crippen LogP contribution >= 0.6 is 0 Å². The molecule has 58 valence electrons. The van der Waals surface area contributed by atoms with Crippen LogP contribution in [0.3, 0.4) is 0 Å². The molecule has 0 aromatic rings. The van der Waals surface area contributed by atoms with Crippen LogP contribution in [-0.2, 0) is 0 Å². The van der Waals surface area contributed by atoms with Crippen molar-refractivity contribution in [2.75, 3.05) is 14.1 Å². The highest BCUT2D eigenvalue weighted by atomic mass is 15.4. The van der Waals surface area contributed by atoms with Crippen molar-refractivity contribution >= 4 is 0 Å². The third-order valence-electron chi connectivity index (χ3n) is 3.89. The molecule has 2 aliphatic rings. The van der Waals surface area contributed by atoms with Crippen molar-refractivity contribution in [1.29, 1.82) is 0 Å². The molecule has 0 amide bonds. The molecule has 0 radical (unpaired) electrons. The first-order valence-electron chi connectivity index (χ1n) is 4.45. The zero-order chi connectivity index (χ0) is 7.35. The van der Waals surface area contributed by atoms with Crippen molar-refractivity contribution < 1.29 is 4.48 Å². The molecule has 1 nitrogen and oxygen atoms in total. The maximum Gasteiger partial charge on any atom is 0.0918 e. The Labute approximate surface area is 63.6 Å². The molecular weight excluding hydrogens is 122 g/mol. The number of quaternary nitrogens is 1. The summed E-state index contributed by atoms with van der Waals surface area (Å²) >= 11 is 0. The minimum absolute atomic E-state index is 0.991. The molecule has 2 fully saturated rings. The van der Waals surface area contributed by atoms with Crippen molar-refractivity contribution in [2.45, 2.75) is 38.3 Å². The van der Waals surface area contributed by atoms with Gasteiger partial charge in [-0.3, -0.25) is 0 Å². The van der Waals surface area contributed by atoms with E-state index in [1.165, 1.54) is 23.7 Å². The molecule has 10 heavy (non-hydrogen) atoms. The molecule has 0 aromatic carbocycles. The third-order valence-corrected chi connectivity index (χ3v) is 3.89. The maximum absolute atomic E-state index is 2.42. The predicted octanol–water partition coefficient (Wildman–Crippen LogP) is 1.63. The molecule has 0 saturated carbocycles. The minimum atomic E-state index is 0.991. The van der Waals surface area contributed by atoms with E-state index in [1.54, 1.807) is 0 Å². The van der Waals surface area contributed by atoms with Crippen molar-refractivity contribution in [2.24, 2.45) is 5.92 Å². The summed E-state index contributed by atoms with van der Waals surface area (Å²) in [4.78, 5) is 0. The molecule has 3 atom stereocenters. The van der Waals surface area contributed by atoms with Crippen molar-refractivity contribution in [3.8, 4) is 0 Å². The van der Waals surface area contributed by atoms with Gasteiger partial charge in [-0.05, 0) is 0 Å². The van der Waals surface area contributed by atoms with Gasteiger partial charge >= 0.3 is 0 Å². The Hall–Kier alpha value is -0.0400. The lowest BCUT2D eigenvalue weighted by Crippen LogP contribution is -2.44. The van der Waals surface area contributed by atoms with Gasteiger partial charge in [0.15, 0.2) is 0 Å². The van der Waals surface area contributed by atoms with Crippen LogP contribution in [0.25, 0.3) is 0 Å². The number of rotatable bonds is 0. The van der Waals surface area contributed by atoms with Gasteiger partial charge in [0.2, 0.25) is 0 Å². The van der Waals surface area contributed by atoms with Gasteiger partial charge in [-0.1, -0.05) is 6.92 Å². The fourth-order valence-corrected chi connectivity index (χ4v) is 3.22. The Balaban J connectivity index is 2.27. The van der Waals surface area contributed by atoms with Crippen LogP contribution in [0, 0.1) is 5.92 Å². The highest BCUT2D eigenvalue weighted by molar-refractivity contribution is 4.87. The van der Waals surface area contributed by atoms with E-state index in [0.717, 1.165) is 18.0 Å². The Morgan fingerprint density at radius 2 is 1.90 bits per heavy atom. The van der Waals surface area contributed by atoms with E-state index < -0.39 is 0 Å². The predicted molar refractivity (Wildman–Crippen MR) is 42.7 cm³/mol. The van der Waals surface area contributed by atoms with Crippen LogP contribution in [0.4, 0.5) is 0 Å². The molecular formula is C9H18N+. The second-order valence-electron chi connectivity index (χ2n) is 4.64. The summed E-state index contributed by atoms with van der Waals surface area (Å²) in [5.74, 6) is 0.994. The van der Waals surface area contributed by atoms with Gasteiger partial charge < -0.3 is 4.48 Å². The number of nitrogens with zero attached hydrogens (tertiary/aromatic N) is 1. The van der Waals surface area contributed by atoms with Gasteiger partial charge in [-0.15, -0.1) is 0 Å². The molecule has 2 heterocycles. The Morgan fingerprint density at radius 3 is 2.10 bits per heavy atom. The Morgan fingerprint density at radius 1 is 1.20 bits per heavy atom. The summed E-state index contributed by atoms with van der Waals surface area (Å²) in [5.41, 5.74) is 0. The van der Waals surface area contributed by atoms with E-state index in [4.69, 9.17) is 0 Å². The smallest absolute Gasteiger partial charge is 0.0918 e. The fourth-order valence-electron chi connectivity index (χ4n) is 3.22. The van der Waals surface area contributed by atoms with E-state index >= 15 is 0 Å². The van der Waals surface area contributed by atoms with Gasteiger partial charge in [0, 0.05) is 25.2 Å². The summed E-state index contributed by atoms with van der Waals surface area (Å²) in [6.45, 7) is 2.42. The van der Waals surface area contributed by atoms with E-state index in [9.17, 15) is 0 Å². The Bertz CT molecular complexity index is 151. The van der Waals surface area contributed by atoms with E-state index in [2.05, 4.69) is 21.0 Å². The van der Waals surface area contributed by atoms with Crippen LogP contribution in [0.5, 0.6) is 0 Å². The van der Waals surface area contributed by atoms with Crippen LogP contribution in [0.15, 0.2) is 0 Å². The summed E-state index contributed by atoms with van der Waals surface area (Å²) in [7, 11) is 4.82. The van der Waals surface area contributed by atoms with Crippen molar-refractivity contribution in [3.05, 3.63) is 0 Å². The first kappa shape index (κ1) is 6.66. The SMILES string of the molecule is CC1CC2CCC1[N+]2(C)C. The van der Waals surface area contributed by atoms with Gasteiger partial charge in [0.05, 0.1) is 26.2 Å². The molecule has 2 saturated heterocycles. The zero-order valence-electron chi connectivity index (χ0n) is 7.30. The highest BCUT2D eigenvalue weighted by Gasteiger charge is 2.52. The van der Waals surface area contributed by atoms with Gasteiger partial charge in [-0.2, -0.15) is 0 Å². The summed E-state index contributed by atoms with van der Waals surface area (Å²) < 4.78 is 1.32. The Kier molecular flexibility index (Phi) is 1.17. The fraction of sp³-hybridized carbons (Fsp3) is 1.00. The first-order chi connectivity index (χ1) is 4.62. The van der Waals surface area contributed by atoms with Crippen LogP contribution < -0.4 is 0 Å². The second kappa shape index (κ2) is 1.76. The normalized spacial score (nSPS) is 50.1. The molecule has 2 rings (SSSR count). The molecule has 3 unspecified atom stereocenters. The third kappa shape index (κ3) is 0.619. The van der Waals surface area contributed by atoms with Crippen LogP contribution in [0.2, 0.25) is 0 Å². The molecule has 0 N–H and O–H groups in total. The van der Waals surface area contributed by atoms with Gasteiger partial charge in [0.1, 0.15) is 0 Å². The van der Waals surface area contributed by atoms with E-state index in [1.807, 2.05) is 0 Å². The van der Waals surface area contributed by atoms with Gasteiger partial charge in [-0.25, -0.2) is 0 Å². The lowest BCUT2D eigenvalue weighted by molar-refractivity contribution is -0.913. The molecule has 1 heteroatoms. The average molecular weight is 140 g/mol. The molecule has 0 aliphatic carbocycles. The quantitative estimate of drug-likeness (QED) is 0.449. The summed E-state index contributed by atoms with van der Waals surface area (Å²) in [6, 6.07) is 1.99. The summed E-state index contributed by atoms with van der Waals surface area (Å²) in [6.07, 6.45) is 4.46. The highest BCUT2D eigenvalue weighted by Crippen LogP contribution is 2.44. The number of hydrogen-bond donors (Lipinski definition) is 0. The van der Waals surface area contributed by atoms with Crippen LogP contribution in [-0.4, -0.2) is 30.7 Å².